The summed E-state index contributed by atoms with van der Waals surface area (Å²) in [5.41, 5.74) is 0. The predicted octanol–water partition coefficient (Wildman–Crippen LogP) is 4.15. The lowest BCUT2D eigenvalue weighted by molar-refractivity contribution is -0.132. The van der Waals surface area contributed by atoms with Crippen molar-refractivity contribution < 1.29 is 19.8 Å². The van der Waals surface area contributed by atoms with Gasteiger partial charge in [-0.25, -0.2) is 4.79 Å². The highest BCUT2D eigenvalue weighted by atomic mass is 16.4. The molecule has 0 aliphatic carbocycles. The highest BCUT2D eigenvalue weighted by molar-refractivity contribution is 5.93. The number of carboxylic acids is 1. The van der Waals surface area contributed by atoms with Crippen molar-refractivity contribution in [2.45, 2.75) is 84.0 Å². The zero-order chi connectivity index (χ0) is 18.8. The van der Waals surface area contributed by atoms with Crippen molar-refractivity contribution in [2.24, 2.45) is 0 Å². The molecule has 0 atom stereocenters. The molecule has 0 bridgehead atoms. The minimum Gasteiger partial charge on any atom is -0.478 e. The molecular weight excluding hydrogens is 318 g/mol. The van der Waals surface area contributed by atoms with Crippen LogP contribution in [0.25, 0.3) is 0 Å². The number of amides is 1. The van der Waals surface area contributed by atoms with Gasteiger partial charge in [-0.05, 0) is 6.42 Å². The fourth-order valence-electron chi connectivity index (χ4n) is 2.84. The quantitative estimate of drug-likeness (QED) is 0.303. The number of hydrogen-bond acceptors (Lipinski definition) is 3. The Hall–Kier alpha value is -1.36. The Kier molecular flexibility index (Phi) is 16.5. The molecule has 0 aromatic rings. The first-order valence-corrected chi connectivity index (χ1v) is 9.92. The molecule has 0 unspecified atom stereocenters. The molecule has 0 saturated heterocycles. The molecule has 0 aliphatic heterocycles. The van der Waals surface area contributed by atoms with Crippen molar-refractivity contribution in [3.8, 4) is 0 Å². The number of carbonyl (C=O) groups is 2. The van der Waals surface area contributed by atoms with E-state index in [4.69, 9.17) is 10.2 Å². The van der Waals surface area contributed by atoms with E-state index in [0.29, 0.717) is 6.54 Å². The van der Waals surface area contributed by atoms with E-state index in [-0.39, 0.29) is 19.1 Å². The van der Waals surface area contributed by atoms with Crippen LogP contribution in [-0.2, 0) is 9.59 Å². The minimum absolute atomic E-state index is 0.106. The summed E-state index contributed by atoms with van der Waals surface area (Å²) in [6, 6.07) is 0. The van der Waals surface area contributed by atoms with Gasteiger partial charge in [0.15, 0.2) is 0 Å². The van der Waals surface area contributed by atoms with Gasteiger partial charge in [-0.15, -0.1) is 0 Å². The summed E-state index contributed by atoms with van der Waals surface area (Å²) in [5.74, 6) is -1.48. The van der Waals surface area contributed by atoms with E-state index in [2.05, 4.69) is 6.92 Å². The molecule has 1 amide bonds. The normalized spacial score (nSPS) is 11.1. The maximum absolute atomic E-state index is 11.8. The second-order valence-electron chi connectivity index (χ2n) is 6.61. The SMILES string of the molecule is CCCCCCCCCCCCCCN(CCO)C(=O)C=CC(=O)O. The molecule has 2 N–H and O–H groups in total. The molecule has 146 valence electrons. The van der Waals surface area contributed by atoms with Crippen LogP contribution < -0.4 is 0 Å². The molecule has 0 aliphatic rings. The number of nitrogens with zero attached hydrogens (tertiary/aromatic N) is 1. The Labute approximate surface area is 153 Å². The van der Waals surface area contributed by atoms with E-state index in [1.165, 1.54) is 69.1 Å². The lowest BCUT2D eigenvalue weighted by Gasteiger charge is -2.19. The van der Waals surface area contributed by atoms with Gasteiger partial charge in [-0.1, -0.05) is 77.6 Å². The van der Waals surface area contributed by atoms with Gasteiger partial charge < -0.3 is 15.1 Å². The number of carboxylic acid groups (broad SMARTS) is 1. The number of unbranched alkanes of at least 4 members (excludes halogenated alkanes) is 11. The minimum atomic E-state index is -1.14. The fourth-order valence-corrected chi connectivity index (χ4v) is 2.84. The van der Waals surface area contributed by atoms with Crippen LogP contribution in [0.3, 0.4) is 0 Å². The number of aliphatic hydroxyl groups excluding tert-OH is 1. The van der Waals surface area contributed by atoms with E-state index in [1.807, 2.05) is 0 Å². The highest BCUT2D eigenvalue weighted by Crippen LogP contribution is 2.12. The lowest BCUT2D eigenvalue weighted by atomic mass is 10.1. The zero-order valence-corrected chi connectivity index (χ0v) is 15.9. The molecule has 0 aromatic carbocycles. The number of rotatable bonds is 17. The smallest absolute Gasteiger partial charge is 0.328 e. The molecule has 0 fully saturated rings. The number of carbonyl (C=O) groups excluding carboxylic acids is 1. The second kappa shape index (κ2) is 17.5. The molecule has 5 nitrogen and oxygen atoms in total. The van der Waals surface area contributed by atoms with Crippen LogP contribution in [0.2, 0.25) is 0 Å². The standard InChI is InChI=1S/C20H37NO4/c1-2-3-4-5-6-7-8-9-10-11-12-13-16-21(17-18-22)19(23)14-15-20(24)25/h14-15,22H,2-13,16-18H2,1H3,(H,24,25). The van der Waals surface area contributed by atoms with E-state index in [9.17, 15) is 9.59 Å². The molecule has 0 saturated carbocycles. The van der Waals surface area contributed by atoms with Gasteiger partial charge in [0.2, 0.25) is 5.91 Å². The van der Waals surface area contributed by atoms with Crippen LogP contribution in [0.1, 0.15) is 84.0 Å². The Morgan fingerprint density at radius 3 is 1.68 bits per heavy atom. The summed E-state index contributed by atoms with van der Waals surface area (Å²) < 4.78 is 0. The maximum atomic E-state index is 11.8. The topological polar surface area (TPSA) is 77.8 Å². The summed E-state index contributed by atoms with van der Waals surface area (Å²) in [7, 11) is 0. The van der Waals surface area contributed by atoms with Crippen molar-refractivity contribution in [1.82, 2.24) is 4.90 Å². The fraction of sp³-hybridized carbons (Fsp3) is 0.800. The average molecular weight is 356 g/mol. The zero-order valence-electron chi connectivity index (χ0n) is 15.9. The van der Waals surface area contributed by atoms with Gasteiger partial charge in [-0.2, -0.15) is 0 Å². The monoisotopic (exact) mass is 355 g/mol. The first-order chi connectivity index (χ1) is 12.1. The predicted molar refractivity (Wildman–Crippen MR) is 102 cm³/mol. The molecule has 0 aromatic heterocycles. The first kappa shape index (κ1) is 23.6. The highest BCUT2D eigenvalue weighted by Gasteiger charge is 2.09. The molecule has 0 heterocycles. The summed E-state index contributed by atoms with van der Waals surface area (Å²) in [6.45, 7) is 2.96. The molecular formula is C20H37NO4. The summed E-state index contributed by atoms with van der Waals surface area (Å²) in [4.78, 5) is 23.8. The summed E-state index contributed by atoms with van der Waals surface area (Å²) in [6.07, 6.45) is 17.0. The van der Waals surface area contributed by atoms with Gasteiger partial charge in [0, 0.05) is 25.2 Å². The van der Waals surface area contributed by atoms with Crippen molar-refractivity contribution in [3.63, 3.8) is 0 Å². The third-order valence-corrected chi connectivity index (χ3v) is 4.33. The largest absolute Gasteiger partial charge is 0.478 e. The van der Waals surface area contributed by atoms with Crippen LogP contribution in [0.4, 0.5) is 0 Å². The van der Waals surface area contributed by atoms with Gasteiger partial charge >= 0.3 is 5.97 Å². The molecule has 5 heteroatoms. The van der Waals surface area contributed by atoms with Crippen molar-refractivity contribution >= 4 is 11.9 Å². The van der Waals surface area contributed by atoms with Crippen LogP contribution in [0.5, 0.6) is 0 Å². The van der Waals surface area contributed by atoms with Gasteiger partial charge in [0.1, 0.15) is 0 Å². The Morgan fingerprint density at radius 1 is 0.760 bits per heavy atom. The molecule has 0 radical (unpaired) electrons. The van der Waals surface area contributed by atoms with E-state index >= 15 is 0 Å². The lowest BCUT2D eigenvalue weighted by Crippen LogP contribution is -2.33. The van der Waals surface area contributed by atoms with Crippen LogP contribution >= 0.6 is 0 Å². The van der Waals surface area contributed by atoms with Crippen molar-refractivity contribution in [3.05, 3.63) is 12.2 Å². The van der Waals surface area contributed by atoms with E-state index < -0.39 is 5.97 Å². The van der Waals surface area contributed by atoms with Crippen molar-refractivity contribution in [2.75, 3.05) is 19.7 Å². The Balaban J connectivity index is 3.62. The van der Waals surface area contributed by atoms with Crippen LogP contribution in [-0.4, -0.2) is 46.7 Å². The van der Waals surface area contributed by atoms with Gasteiger partial charge in [0.25, 0.3) is 0 Å². The summed E-state index contributed by atoms with van der Waals surface area (Å²) >= 11 is 0. The third kappa shape index (κ3) is 15.9. The van der Waals surface area contributed by atoms with E-state index in [0.717, 1.165) is 25.0 Å². The van der Waals surface area contributed by atoms with Gasteiger partial charge in [-0.3, -0.25) is 4.79 Å². The first-order valence-electron chi connectivity index (χ1n) is 9.92. The average Bonchev–Trinajstić information content (AvgIpc) is 2.59. The second-order valence-corrected chi connectivity index (χ2v) is 6.61. The van der Waals surface area contributed by atoms with Crippen LogP contribution in [0.15, 0.2) is 12.2 Å². The summed E-state index contributed by atoms with van der Waals surface area (Å²) in [5, 5.41) is 17.6. The Bertz CT molecular complexity index is 369. The molecule has 0 spiro atoms. The Morgan fingerprint density at radius 2 is 1.24 bits per heavy atom. The number of aliphatic hydroxyl groups is 1. The third-order valence-electron chi connectivity index (χ3n) is 4.33. The van der Waals surface area contributed by atoms with Gasteiger partial charge in [0.05, 0.1) is 6.61 Å². The molecule has 25 heavy (non-hydrogen) atoms. The maximum Gasteiger partial charge on any atom is 0.328 e. The van der Waals surface area contributed by atoms with E-state index in [1.54, 1.807) is 0 Å². The van der Waals surface area contributed by atoms with Crippen LogP contribution in [0, 0.1) is 0 Å². The number of hydrogen-bond donors (Lipinski definition) is 2. The molecule has 0 rings (SSSR count). The van der Waals surface area contributed by atoms with Crippen molar-refractivity contribution in [1.29, 1.82) is 0 Å². The number of aliphatic carboxylic acids is 1.